The van der Waals surface area contributed by atoms with E-state index in [4.69, 9.17) is 23.7 Å². The number of epoxide rings is 2. The van der Waals surface area contributed by atoms with Gasteiger partial charge in [0.1, 0.15) is 41.4 Å². The Morgan fingerprint density at radius 2 is 1.77 bits per heavy atom. The minimum Gasteiger partial charge on any atom is -0.469 e. The van der Waals surface area contributed by atoms with Gasteiger partial charge in [-0.15, -0.1) is 0 Å². The highest BCUT2D eigenvalue weighted by molar-refractivity contribution is 7.99. The molecule has 11 heteroatoms. The number of hydrogen-bond donors (Lipinski definition) is 0. The molecule has 3 rings (SSSR count). The minimum atomic E-state index is -0.735. The SMILES string of the molecule is COC(=O)[C@H](CSCC(=O)CC(=O)O[C@@H]1CC[C@]2(CO2)[C@@H]([C@]2(C)O[C@@H]2CC=C(C)C)[C@@H]1OC)CC(=O)CCC(=O)C(C)C. The third-order valence-corrected chi connectivity index (χ3v) is 9.91. The van der Waals surface area contributed by atoms with E-state index in [-0.39, 0.29) is 71.7 Å². The van der Waals surface area contributed by atoms with Crippen molar-refractivity contribution in [3.63, 3.8) is 0 Å². The number of esters is 2. The molecule has 2 heterocycles. The summed E-state index contributed by atoms with van der Waals surface area (Å²) < 4.78 is 28.7. The van der Waals surface area contributed by atoms with Crippen molar-refractivity contribution in [3.05, 3.63) is 11.6 Å². The molecule has 0 aromatic carbocycles. The predicted octanol–water partition coefficient (Wildman–Crippen LogP) is 4.05. The van der Waals surface area contributed by atoms with Crippen molar-refractivity contribution in [2.45, 2.75) is 109 Å². The molecule has 3 aliphatic rings. The molecule has 0 radical (unpaired) electrons. The largest absolute Gasteiger partial charge is 0.469 e. The number of carbonyl (C=O) groups is 5. The molecule has 1 aliphatic carbocycles. The monoisotopic (exact) mass is 624 g/mol. The third-order valence-electron chi connectivity index (χ3n) is 8.75. The van der Waals surface area contributed by atoms with Crippen LogP contribution in [0.2, 0.25) is 0 Å². The van der Waals surface area contributed by atoms with Crippen LogP contribution in [-0.2, 0) is 47.7 Å². The standard InChI is InChI=1S/C32H48O10S/c1-19(2)8-11-26-31(5,42-26)29-28(38-6)25(12-13-32(29)18-40-32)41-27(36)15-23(34)17-43-16-21(30(37)39-7)14-22(33)9-10-24(35)20(3)4/h8,20-21,25-26,28-29H,9-18H2,1-7H3/t21-,25+,26+,28+,29+,31+,32-/m0/s1. The second-order valence-electron chi connectivity index (χ2n) is 12.7. The molecule has 0 N–H and O–H groups in total. The second kappa shape index (κ2) is 15.3. The number of Topliss-reactive ketones (excluding diaryl/α,β-unsaturated/α-hetero) is 3. The molecule has 1 spiro atoms. The minimum absolute atomic E-state index is 0.00508. The summed E-state index contributed by atoms with van der Waals surface area (Å²) in [5.74, 6) is -2.55. The summed E-state index contributed by atoms with van der Waals surface area (Å²) in [5.41, 5.74) is 0.426. The maximum absolute atomic E-state index is 12.8. The van der Waals surface area contributed by atoms with E-state index >= 15 is 0 Å². The molecule has 7 atom stereocenters. The van der Waals surface area contributed by atoms with Gasteiger partial charge in [0.15, 0.2) is 5.78 Å². The number of hydrogen-bond acceptors (Lipinski definition) is 11. The number of ether oxygens (including phenoxy) is 5. The first-order chi connectivity index (χ1) is 20.3. The summed E-state index contributed by atoms with van der Waals surface area (Å²) >= 11 is 1.16. The normalized spacial score (nSPS) is 30.0. The van der Waals surface area contributed by atoms with Gasteiger partial charge in [-0.1, -0.05) is 25.5 Å². The predicted molar refractivity (Wildman–Crippen MR) is 161 cm³/mol. The first-order valence-electron chi connectivity index (χ1n) is 15.1. The van der Waals surface area contributed by atoms with Crippen molar-refractivity contribution in [2.75, 3.05) is 32.3 Å². The molecular weight excluding hydrogens is 576 g/mol. The molecule has 2 aliphatic heterocycles. The number of allylic oxidation sites excluding steroid dienone is 1. The Balaban J connectivity index is 1.49. The van der Waals surface area contributed by atoms with Gasteiger partial charge in [-0.2, -0.15) is 11.8 Å². The first kappa shape index (κ1) is 35.4. The average molecular weight is 625 g/mol. The van der Waals surface area contributed by atoms with Crippen molar-refractivity contribution >= 4 is 41.1 Å². The molecule has 242 valence electrons. The lowest BCUT2D eigenvalue weighted by molar-refractivity contribution is -0.172. The Morgan fingerprint density at radius 1 is 1.07 bits per heavy atom. The summed E-state index contributed by atoms with van der Waals surface area (Å²) in [7, 11) is 2.84. The van der Waals surface area contributed by atoms with Gasteiger partial charge in [-0.05, 0) is 40.0 Å². The molecule has 43 heavy (non-hydrogen) atoms. The maximum atomic E-state index is 12.8. The van der Waals surface area contributed by atoms with Crippen molar-refractivity contribution in [3.8, 4) is 0 Å². The summed E-state index contributed by atoms with van der Waals surface area (Å²) in [5, 5.41) is 0. The zero-order chi connectivity index (χ0) is 31.9. The molecule has 1 saturated carbocycles. The van der Waals surface area contributed by atoms with E-state index in [1.54, 1.807) is 21.0 Å². The Bertz CT molecular complexity index is 1080. The van der Waals surface area contributed by atoms with Crippen LogP contribution < -0.4 is 0 Å². The molecule has 0 amide bonds. The van der Waals surface area contributed by atoms with Gasteiger partial charge in [0.25, 0.3) is 0 Å². The summed E-state index contributed by atoms with van der Waals surface area (Å²) in [6, 6.07) is 0. The van der Waals surface area contributed by atoms with Crippen molar-refractivity contribution in [1.29, 1.82) is 0 Å². The fraction of sp³-hybridized carbons (Fsp3) is 0.781. The van der Waals surface area contributed by atoms with Gasteiger partial charge in [0.2, 0.25) is 0 Å². The highest BCUT2D eigenvalue weighted by Gasteiger charge is 2.72. The Morgan fingerprint density at radius 3 is 2.35 bits per heavy atom. The summed E-state index contributed by atoms with van der Waals surface area (Å²) in [6.45, 7) is 10.4. The van der Waals surface area contributed by atoms with Crippen molar-refractivity contribution < 1.29 is 47.7 Å². The van der Waals surface area contributed by atoms with E-state index in [1.165, 1.54) is 12.7 Å². The van der Waals surface area contributed by atoms with Gasteiger partial charge >= 0.3 is 11.9 Å². The molecule has 0 aromatic heterocycles. The highest BCUT2D eigenvalue weighted by atomic mass is 32.2. The van der Waals surface area contributed by atoms with Crippen LogP contribution in [0.4, 0.5) is 0 Å². The molecule has 10 nitrogen and oxygen atoms in total. The van der Waals surface area contributed by atoms with E-state index in [0.717, 1.165) is 18.2 Å². The lowest BCUT2D eigenvalue weighted by Gasteiger charge is -2.42. The van der Waals surface area contributed by atoms with Gasteiger partial charge in [-0.25, -0.2) is 0 Å². The van der Waals surface area contributed by atoms with Gasteiger partial charge in [-0.3, -0.25) is 24.0 Å². The molecule has 0 aromatic rings. The summed E-state index contributed by atoms with van der Waals surface area (Å²) in [6.07, 6.45) is 3.05. The second-order valence-corrected chi connectivity index (χ2v) is 13.8. The van der Waals surface area contributed by atoms with E-state index < -0.39 is 42.1 Å². The molecule has 3 fully saturated rings. The smallest absolute Gasteiger partial charge is 0.313 e. The van der Waals surface area contributed by atoms with Crippen LogP contribution in [0.1, 0.15) is 79.6 Å². The van der Waals surface area contributed by atoms with E-state index in [2.05, 4.69) is 26.8 Å². The zero-order valence-electron chi connectivity index (χ0n) is 26.6. The van der Waals surface area contributed by atoms with Gasteiger partial charge in [0, 0.05) is 38.0 Å². The van der Waals surface area contributed by atoms with E-state index in [9.17, 15) is 24.0 Å². The highest BCUT2D eigenvalue weighted by Crippen LogP contribution is 2.59. The molecule has 0 unspecified atom stereocenters. The van der Waals surface area contributed by atoms with Crippen LogP contribution in [0.3, 0.4) is 0 Å². The maximum Gasteiger partial charge on any atom is 0.313 e. The lowest BCUT2D eigenvalue weighted by atomic mass is 9.68. The number of carbonyl (C=O) groups excluding carboxylic acids is 5. The zero-order valence-corrected chi connectivity index (χ0v) is 27.4. The summed E-state index contributed by atoms with van der Waals surface area (Å²) in [4.78, 5) is 61.9. The third kappa shape index (κ3) is 9.45. The molecule has 2 saturated heterocycles. The Kier molecular flexibility index (Phi) is 12.6. The number of rotatable bonds is 18. The number of ketones is 3. The van der Waals surface area contributed by atoms with Gasteiger partial charge < -0.3 is 23.7 Å². The fourth-order valence-electron chi connectivity index (χ4n) is 6.11. The van der Waals surface area contributed by atoms with Crippen LogP contribution in [0.15, 0.2) is 11.6 Å². The number of thioether (sulfide) groups is 1. The Hall–Kier alpha value is -2.08. The fourth-order valence-corrected chi connectivity index (χ4v) is 7.10. The first-order valence-corrected chi connectivity index (χ1v) is 16.3. The molecule has 0 bridgehead atoms. The van der Waals surface area contributed by atoms with E-state index in [0.29, 0.717) is 19.4 Å². The van der Waals surface area contributed by atoms with Crippen LogP contribution in [-0.4, -0.2) is 91.1 Å². The average Bonchev–Trinajstić information content (AvgIpc) is 3.86. The quantitative estimate of drug-likeness (QED) is 0.0945. The van der Waals surface area contributed by atoms with Crippen LogP contribution in [0.5, 0.6) is 0 Å². The molecular formula is C32H48O10S. The lowest BCUT2D eigenvalue weighted by Crippen LogP contribution is -2.55. The van der Waals surface area contributed by atoms with Crippen molar-refractivity contribution in [1.82, 2.24) is 0 Å². The number of methoxy groups -OCH3 is 2. The van der Waals surface area contributed by atoms with Gasteiger partial charge in [0.05, 0.1) is 37.4 Å². The van der Waals surface area contributed by atoms with Crippen LogP contribution in [0, 0.1) is 17.8 Å². The Labute approximate surface area is 259 Å². The topological polar surface area (TPSA) is 138 Å². The van der Waals surface area contributed by atoms with Crippen LogP contribution >= 0.6 is 11.8 Å². The van der Waals surface area contributed by atoms with Crippen molar-refractivity contribution in [2.24, 2.45) is 17.8 Å². The van der Waals surface area contributed by atoms with Crippen LogP contribution in [0.25, 0.3) is 0 Å². The van der Waals surface area contributed by atoms with E-state index in [1.807, 2.05) is 0 Å².